The highest BCUT2D eigenvalue weighted by atomic mass is 32.2. The topological polar surface area (TPSA) is 23.6 Å². The number of carbonyl (C=O) groups is 1. The molecule has 0 saturated carbocycles. The van der Waals surface area contributed by atoms with Crippen molar-refractivity contribution in [3.8, 4) is 0 Å². The minimum Gasteiger partial charge on any atom is -0.339 e. The minimum atomic E-state index is 0.180. The minimum absolute atomic E-state index is 0.180. The summed E-state index contributed by atoms with van der Waals surface area (Å²) in [6.45, 7) is 12.4. The molecule has 0 unspecified atom stereocenters. The number of likely N-dealkylation sites (N-methyl/N-ethyl adjacent to an activating group) is 1. The van der Waals surface area contributed by atoms with Crippen LogP contribution in [0.1, 0.15) is 32.3 Å². The van der Waals surface area contributed by atoms with E-state index in [1.807, 2.05) is 18.7 Å². The van der Waals surface area contributed by atoms with E-state index in [4.69, 9.17) is 0 Å². The molecule has 3 nitrogen and oxygen atoms in total. The number of rotatable bonds is 7. The van der Waals surface area contributed by atoms with E-state index in [-0.39, 0.29) is 5.92 Å². The predicted molar refractivity (Wildman–Crippen MR) is 103 cm³/mol. The molecule has 1 aliphatic heterocycles. The molecule has 1 aliphatic rings. The lowest BCUT2D eigenvalue weighted by Crippen LogP contribution is -2.42. The summed E-state index contributed by atoms with van der Waals surface area (Å²) in [5, 5.41) is 0. The molecule has 0 spiro atoms. The molecular formula is C20H30N2OS. The van der Waals surface area contributed by atoms with Gasteiger partial charge in [-0.05, 0) is 63.7 Å². The zero-order chi connectivity index (χ0) is 17.5. The van der Waals surface area contributed by atoms with Crippen LogP contribution in [0.15, 0.2) is 41.3 Å². The van der Waals surface area contributed by atoms with Crippen molar-refractivity contribution in [2.24, 2.45) is 5.92 Å². The number of hydrogen-bond acceptors (Lipinski definition) is 3. The van der Waals surface area contributed by atoms with Crippen molar-refractivity contribution in [1.29, 1.82) is 0 Å². The summed E-state index contributed by atoms with van der Waals surface area (Å²) in [4.78, 5) is 18.4. The third kappa shape index (κ3) is 5.38. The molecule has 0 atom stereocenters. The maximum Gasteiger partial charge on any atom is 0.226 e. The summed E-state index contributed by atoms with van der Waals surface area (Å²) < 4.78 is 0. The Morgan fingerprint density at radius 1 is 1.29 bits per heavy atom. The van der Waals surface area contributed by atoms with Crippen LogP contribution in [-0.2, 0) is 11.3 Å². The van der Waals surface area contributed by atoms with Crippen molar-refractivity contribution in [3.05, 3.63) is 42.0 Å². The number of likely N-dealkylation sites (tertiary alicyclic amines) is 1. The van der Waals surface area contributed by atoms with Gasteiger partial charge in [-0.15, -0.1) is 11.8 Å². The van der Waals surface area contributed by atoms with E-state index in [0.29, 0.717) is 12.5 Å². The molecule has 1 heterocycles. The van der Waals surface area contributed by atoms with E-state index in [1.165, 1.54) is 10.5 Å². The fourth-order valence-corrected chi connectivity index (χ4v) is 3.66. The van der Waals surface area contributed by atoms with Gasteiger partial charge in [-0.3, -0.25) is 9.69 Å². The highest BCUT2D eigenvalue weighted by Gasteiger charge is 2.27. The monoisotopic (exact) mass is 346 g/mol. The van der Waals surface area contributed by atoms with E-state index in [2.05, 4.69) is 42.0 Å². The van der Waals surface area contributed by atoms with Crippen molar-refractivity contribution < 1.29 is 4.79 Å². The lowest BCUT2D eigenvalue weighted by molar-refractivity contribution is -0.136. The van der Waals surface area contributed by atoms with Crippen LogP contribution in [0.4, 0.5) is 0 Å². The number of amides is 1. The van der Waals surface area contributed by atoms with Crippen LogP contribution in [0.3, 0.4) is 0 Å². The zero-order valence-corrected chi connectivity index (χ0v) is 16.1. The third-order valence-corrected chi connectivity index (χ3v) is 5.40. The van der Waals surface area contributed by atoms with Crippen LogP contribution in [0, 0.1) is 5.92 Å². The van der Waals surface area contributed by atoms with Crippen molar-refractivity contribution in [1.82, 2.24) is 9.80 Å². The summed E-state index contributed by atoms with van der Waals surface area (Å²) in [5.41, 5.74) is 2.41. The normalized spacial score (nSPS) is 16.1. The molecule has 0 radical (unpaired) electrons. The first kappa shape index (κ1) is 19.1. The van der Waals surface area contributed by atoms with E-state index < -0.39 is 0 Å². The van der Waals surface area contributed by atoms with E-state index in [0.717, 1.165) is 44.6 Å². The molecule has 1 aromatic rings. The van der Waals surface area contributed by atoms with Crippen molar-refractivity contribution in [2.45, 2.75) is 38.1 Å². The summed E-state index contributed by atoms with van der Waals surface area (Å²) in [7, 11) is 0. The second-order valence-corrected chi connectivity index (χ2v) is 7.59. The smallest absolute Gasteiger partial charge is 0.226 e. The molecule has 132 valence electrons. The van der Waals surface area contributed by atoms with Crippen LogP contribution >= 0.6 is 11.8 Å². The maximum absolute atomic E-state index is 12.7. The highest BCUT2D eigenvalue weighted by Crippen LogP contribution is 2.22. The van der Waals surface area contributed by atoms with Gasteiger partial charge < -0.3 is 4.90 Å². The number of nitrogens with zero attached hydrogens (tertiary/aromatic N) is 2. The molecular weight excluding hydrogens is 316 g/mol. The van der Waals surface area contributed by atoms with Gasteiger partial charge in [0.15, 0.2) is 0 Å². The van der Waals surface area contributed by atoms with Gasteiger partial charge >= 0.3 is 0 Å². The first-order valence-electron chi connectivity index (χ1n) is 8.82. The Morgan fingerprint density at radius 2 is 1.92 bits per heavy atom. The largest absolute Gasteiger partial charge is 0.339 e. The summed E-state index contributed by atoms with van der Waals surface area (Å²) >= 11 is 1.77. The van der Waals surface area contributed by atoms with Gasteiger partial charge in [0.25, 0.3) is 0 Å². The molecule has 1 fully saturated rings. The van der Waals surface area contributed by atoms with Gasteiger partial charge in [0, 0.05) is 30.4 Å². The van der Waals surface area contributed by atoms with Crippen LogP contribution < -0.4 is 0 Å². The first-order valence-corrected chi connectivity index (χ1v) is 10.0. The number of thioether (sulfide) groups is 1. The lowest BCUT2D eigenvalue weighted by atomic mass is 9.94. The summed E-state index contributed by atoms with van der Waals surface area (Å²) in [6, 6.07) is 8.81. The lowest BCUT2D eigenvalue weighted by Gasteiger charge is -2.34. The van der Waals surface area contributed by atoms with Crippen molar-refractivity contribution in [2.75, 3.05) is 32.4 Å². The number of benzene rings is 1. The second-order valence-electron chi connectivity index (χ2n) is 6.71. The Bertz CT molecular complexity index is 547. The molecule has 24 heavy (non-hydrogen) atoms. The fraction of sp³-hybridized carbons (Fsp3) is 0.550. The second kappa shape index (κ2) is 9.28. The van der Waals surface area contributed by atoms with Gasteiger partial charge in [0.2, 0.25) is 5.91 Å². The standard InChI is InChI=1S/C20H30N2OS/c1-5-22(14-16(2)3)20(23)18-10-12-21(13-11-18)15-17-6-8-19(24-4)9-7-17/h6-9,18H,2,5,10-15H2,1,3-4H3. The van der Waals surface area contributed by atoms with Gasteiger partial charge in [-0.2, -0.15) is 0 Å². The molecule has 4 heteroatoms. The average molecular weight is 347 g/mol. The van der Waals surface area contributed by atoms with Crippen LogP contribution in [0.25, 0.3) is 0 Å². The molecule has 2 rings (SSSR count). The predicted octanol–water partition coefficient (Wildman–Crippen LogP) is 4.05. The van der Waals surface area contributed by atoms with Crippen LogP contribution in [0.5, 0.6) is 0 Å². The van der Waals surface area contributed by atoms with Gasteiger partial charge in [0.05, 0.1) is 0 Å². The number of hydrogen-bond donors (Lipinski definition) is 0. The Balaban J connectivity index is 1.83. The Morgan fingerprint density at radius 3 is 2.42 bits per heavy atom. The Kier molecular flexibility index (Phi) is 7.38. The Hall–Kier alpha value is -1.26. The van der Waals surface area contributed by atoms with Crippen LogP contribution in [0.2, 0.25) is 0 Å². The van der Waals surface area contributed by atoms with Crippen molar-refractivity contribution >= 4 is 17.7 Å². The quantitative estimate of drug-likeness (QED) is 0.550. The molecule has 0 bridgehead atoms. The molecule has 1 aromatic carbocycles. The fourth-order valence-electron chi connectivity index (χ4n) is 3.26. The molecule has 0 aliphatic carbocycles. The van der Waals surface area contributed by atoms with E-state index in [1.54, 1.807) is 11.8 Å². The molecule has 1 saturated heterocycles. The summed E-state index contributed by atoms with van der Waals surface area (Å²) in [6.07, 6.45) is 4.03. The summed E-state index contributed by atoms with van der Waals surface area (Å²) in [5.74, 6) is 0.490. The van der Waals surface area contributed by atoms with E-state index in [9.17, 15) is 4.79 Å². The highest BCUT2D eigenvalue weighted by molar-refractivity contribution is 7.98. The molecule has 0 N–H and O–H groups in total. The maximum atomic E-state index is 12.7. The van der Waals surface area contributed by atoms with Gasteiger partial charge in [-0.1, -0.05) is 24.3 Å². The average Bonchev–Trinajstić information content (AvgIpc) is 2.60. The molecule has 0 aromatic heterocycles. The first-order chi connectivity index (χ1) is 11.5. The SMILES string of the molecule is C=C(C)CN(CC)C(=O)C1CCN(Cc2ccc(SC)cc2)CC1. The third-order valence-electron chi connectivity index (χ3n) is 4.66. The molecule has 1 amide bonds. The Labute approximate surface area is 151 Å². The van der Waals surface area contributed by atoms with Crippen LogP contribution in [-0.4, -0.2) is 48.1 Å². The number of carbonyl (C=O) groups excluding carboxylic acids is 1. The zero-order valence-electron chi connectivity index (χ0n) is 15.3. The number of piperidine rings is 1. The van der Waals surface area contributed by atoms with E-state index >= 15 is 0 Å². The van der Waals surface area contributed by atoms with Crippen molar-refractivity contribution in [3.63, 3.8) is 0 Å². The van der Waals surface area contributed by atoms with Gasteiger partial charge in [0.1, 0.15) is 0 Å². The van der Waals surface area contributed by atoms with Gasteiger partial charge in [-0.25, -0.2) is 0 Å².